The zero-order chi connectivity index (χ0) is 21.1. The summed E-state index contributed by atoms with van der Waals surface area (Å²) in [5.41, 5.74) is -1.11. The molecule has 0 amide bonds. The minimum Gasteiger partial charge on any atom is -0.467 e. The zero-order valence-electron chi connectivity index (χ0n) is 15.4. The van der Waals surface area contributed by atoms with Gasteiger partial charge in [0.15, 0.2) is 10.8 Å². The summed E-state index contributed by atoms with van der Waals surface area (Å²) in [6.07, 6.45) is -4.49. The molecule has 2 aromatic rings. The Labute approximate surface area is 169 Å². The normalized spacial score (nSPS) is 25.7. The van der Waals surface area contributed by atoms with Crippen molar-refractivity contribution in [2.24, 2.45) is 5.92 Å². The van der Waals surface area contributed by atoms with Crippen molar-refractivity contribution in [2.75, 3.05) is 4.90 Å². The van der Waals surface area contributed by atoms with Gasteiger partial charge in [-0.25, -0.2) is 0 Å². The molecule has 3 atom stereocenters. The molecule has 0 aromatic heterocycles. The molecule has 2 bridgehead atoms. The zero-order valence-corrected chi connectivity index (χ0v) is 16.2. The minimum absolute atomic E-state index is 0.0730. The number of ether oxygens (including phenoxy) is 1. The number of anilines is 1. The molecule has 0 unspecified atom stereocenters. The lowest BCUT2D eigenvalue weighted by Crippen LogP contribution is -2.69. The summed E-state index contributed by atoms with van der Waals surface area (Å²) in [4.78, 5) is 12.2. The van der Waals surface area contributed by atoms with E-state index in [9.17, 15) is 23.3 Å². The first-order valence-electron chi connectivity index (χ1n) is 8.78. The first kappa shape index (κ1) is 19.4. The molecule has 29 heavy (non-hydrogen) atoms. The van der Waals surface area contributed by atoms with E-state index >= 15 is 0 Å². The lowest BCUT2D eigenvalue weighted by molar-refractivity contribution is -0.385. The lowest BCUT2D eigenvalue weighted by Gasteiger charge is -2.56. The van der Waals surface area contributed by atoms with Crippen LogP contribution >= 0.6 is 12.2 Å². The number of halogens is 3. The van der Waals surface area contributed by atoms with Gasteiger partial charge < -0.3 is 10.1 Å². The van der Waals surface area contributed by atoms with E-state index < -0.39 is 22.4 Å². The summed E-state index contributed by atoms with van der Waals surface area (Å²) >= 11 is 5.46. The van der Waals surface area contributed by atoms with Crippen molar-refractivity contribution >= 4 is 28.7 Å². The number of nitrogens with zero attached hydrogens (tertiary/aromatic N) is 2. The fourth-order valence-corrected chi connectivity index (χ4v) is 4.34. The standard InChI is InChI=1S/C19H16F3N3O3S/c1-10-16-14-9-13(25(26)27)6-7-15(14)28-18(10,2)24(17(29)23-16)12-5-3-4-11(8-12)19(20,21)22/h3-10,16H,1-2H3,(H,23,29)/t10-,16-,18-/m0/s1. The molecule has 2 aromatic carbocycles. The number of thiocarbonyl (C=S) groups is 1. The third kappa shape index (κ3) is 2.98. The number of hydrogen-bond donors (Lipinski definition) is 1. The van der Waals surface area contributed by atoms with Crippen LogP contribution in [0.5, 0.6) is 5.75 Å². The molecule has 0 aliphatic carbocycles. The Morgan fingerprint density at radius 1 is 1.28 bits per heavy atom. The minimum atomic E-state index is -4.49. The van der Waals surface area contributed by atoms with Crippen molar-refractivity contribution in [3.8, 4) is 5.75 Å². The number of nitro groups is 1. The second kappa shape index (κ2) is 6.31. The number of non-ortho nitro benzene ring substituents is 1. The maximum Gasteiger partial charge on any atom is 0.416 e. The van der Waals surface area contributed by atoms with E-state index in [0.717, 1.165) is 12.1 Å². The van der Waals surface area contributed by atoms with Crippen molar-refractivity contribution in [1.29, 1.82) is 0 Å². The van der Waals surface area contributed by atoms with Gasteiger partial charge in [0.05, 0.1) is 16.5 Å². The van der Waals surface area contributed by atoms with Crippen molar-refractivity contribution in [1.82, 2.24) is 5.32 Å². The third-order valence-corrected chi connectivity index (χ3v) is 5.86. The second-order valence-corrected chi connectivity index (χ2v) is 7.62. The van der Waals surface area contributed by atoms with Gasteiger partial charge in [-0.05, 0) is 43.4 Å². The largest absolute Gasteiger partial charge is 0.467 e. The SMILES string of the molecule is C[C@H]1[C@@H]2NC(=S)N(c3cccc(C(F)(F)F)c3)[C@@]1(C)Oc1ccc([N+](=O)[O-])cc12. The van der Waals surface area contributed by atoms with Gasteiger partial charge in [-0.1, -0.05) is 13.0 Å². The van der Waals surface area contributed by atoms with Gasteiger partial charge in [0.2, 0.25) is 0 Å². The van der Waals surface area contributed by atoms with E-state index in [2.05, 4.69) is 5.32 Å². The lowest BCUT2D eigenvalue weighted by atomic mass is 9.80. The Balaban J connectivity index is 1.81. The highest BCUT2D eigenvalue weighted by Crippen LogP contribution is 2.50. The predicted octanol–water partition coefficient (Wildman–Crippen LogP) is 4.79. The first-order chi connectivity index (χ1) is 13.5. The highest BCUT2D eigenvalue weighted by atomic mass is 32.1. The summed E-state index contributed by atoms with van der Waals surface area (Å²) in [5.74, 6) is 0.145. The Kier molecular flexibility index (Phi) is 4.23. The van der Waals surface area contributed by atoms with Crippen LogP contribution in [-0.2, 0) is 6.18 Å². The first-order valence-corrected chi connectivity index (χ1v) is 9.18. The number of benzene rings is 2. The van der Waals surface area contributed by atoms with Crippen LogP contribution < -0.4 is 15.0 Å². The van der Waals surface area contributed by atoms with Gasteiger partial charge in [0.25, 0.3) is 5.69 Å². The maximum absolute atomic E-state index is 13.2. The number of nitro benzene ring substituents is 1. The molecule has 1 saturated heterocycles. The molecule has 2 aliphatic heterocycles. The van der Waals surface area contributed by atoms with Crippen LogP contribution in [0.1, 0.15) is 31.0 Å². The number of alkyl halides is 3. The van der Waals surface area contributed by atoms with Crippen LogP contribution in [0.25, 0.3) is 0 Å². The van der Waals surface area contributed by atoms with Crippen LogP contribution in [0.4, 0.5) is 24.5 Å². The average molecular weight is 423 g/mol. The quantitative estimate of drug-likeness (QED) is 0.425. The molecule has 0 radical (unpaired) electrons. The highest BCUT2D eigenvalue weighted by molar-refractivity contribution is 7.80. The fraction of sp³-hybridized carbons (Fsp3) is 0.316. The summed E-state index contributed by atoms with van der Waals surface area (Å²) in [6.45, 7) is 3.62. The van der Waals surface area contributed by atoms with E-state index in [0.29, 0.717) is 11.3 Å². The van der Waals surface area contributed by atoms with Gasteiger partial charge in [0.1, 0.15) is 5.75 Å². The van der Waals surface area contributed by atoms with Crippen LogP contribution in [0.3, 0.4) is 0 Å². The van der Waals surface area contributed by atoms with Gasteiger partial charge in [-0.15, -0.1) is 0 Å². The van der Waals surface area contributed by atoms with E-state index in [-0.39, 0.29) is 28.4 Å². The molecule has 0 saturated carbocycles. The Bertz CT molecular complexity index is 1030. The van der Waals surface area contributed by atoms with E-state index in [1.54, 1.807) is 6.92 Å². The van der Waals surface area contributed by atoms with Crippen LogP contribution in [0.2, 0.25) is 0 Å². The molecule has 6 nitrogen and oxygen atoms in total. The Morgan fingerprint density at radius 2 is 2.00 bits per heavy atom. The second-order valence-electron chi connectivity index (χ2n) is 7.24. The molecule has 10 heteroatoms. The maximum atomic E-state index is 13.2. The predicted molar refractivity (Wildman–Crippen MR) is 104 cm³/mol. The van der Waals surface area contributed by atoms with Gasteiger partial charge >= 0.3 is 6.18 Å². The Morgan fingerprint density at radius 3 is 2.66 bits per heavy atom. The highest BCUT2D eigenvalue weighted by Gasteiger charge is 2.54. The molecule has 2 heterocycles. The molecule has 2 aliphatic rings. The average Bonchev–Trinajstić information content (AvgIpc) is 2.63. The van der Waals surface area contributed by atoms with Crippen LogP contribution in [0.15, 0.2) is 42.5 Å². The van der Waals surface area contributed by atoms with E-state index in [4.69, 9.17) is 17.0 Å². The summed E-state index contributed by atoms with van der Waals surface area (Å²) in [5, 5.41) is 14.4. The molecular formula is C19H16F3N3O3S. The summed E-state index contributed by atoms with van der Waals surface area (Å²) in [6, 6.07) is 8.78. The molecule has 152 valence electrons. The number of nitrogens with one attached hydrogen (secondary N) is 1. The van der Waals surface area contributed by atoms with E-state index in [1.165, 1.54) is 35.2 Å². The van der Waals surface area contributed by atoms with Crippen molar-refractivity contribution in [3.05, 3.63) is 63.7 Å². The molecule has 1 N–H and O–H groups in total. The van der Waals surface area contributed by atoms with Gasteiger partial charge in [-0.2, -0.15) is 13.2 Å². The van der Waals surface area contributed by atoms with E-state index in [1.807, 2.05) is 6.92 Å². The van der Waals surface area contributed by atoms with Gasteiger partial charge in [0, 0.05) is 29.3 Å². The van der Waals surface area contributed by atoms with Gasteiger partial charge in [-0.3, -0.25) is 15.0 Å². The smallest absolute Gasteiger partial charge is 0.416 e. The van der Waals surface area contributed by atoms with Crippen molar-refractivity contribution in [3.63, 3.8) is 0 Å². The molecular weight excluding hydrogens is 407 g/mol. The summed E-state index contributed by atoms with van der Waals surface area (Å²) < 4.78 is 45.8. The topological polar surface area (TPSA) is 67.6 Å². The van der Waals surface area contributed by atoms with Crippen LogP contribution in [-0.4, -0.2) is 15.8 Å². The molecule has 1 fully saturated rings. The monoisotopic (exact) mass is 423 g/mol. The molecule has 0 spiro atoms. The number of rotatable bonds is 2. The number of hydrogen-bond acceptors (Lipinski definition) is 4. The third-order valence-electron chi connectivity index (χ3n) is 5.56. The summed E-state index contributed by atoms with van der Waals surface area (Å²) in [7, 11) is 0. The Hall–Kier alpha value is -2.88. The molecule has 4 rings (SSSR count). The number of fused-ring (bicyclic) bond motifs is 4. The van der Waals surface area contributed by atoms with Crippen molar-refractivity contribution < 1.29 is 22.8 Å². The van der Waals surface area contributed by atoms with Crippen LogP contribution in [0, 0.1) is 16.0 Å². The van der Waals surface area contributed by atoms with Crippen molar-refractivity contribution in [2.45, 2.75) is 31.8 Å². The fourth-order valence-electron chi connectivity index (χ4n) is 3.93.